The van der Waals surface area contributed by atoms with Gasteiger partial charge in [0.2, 0.25) is 11.8 Å². The molecule has 1 atom stereocenters. The number of nitrogens with one attached hydrogen (secondary N) is 1. The van der Waals surface area contributed by atoms with Crippen LogP contribution in [0.2, 0.25) is 0 Å². The lowest BCUT2D eigenvalue weighted by atomic mass is 9.74. The second-order valence-electron chi connectivity index (χ2n) is 7.17. The molecule has 0 radical (unpaired) electrons. The minimum atomic E-state index is -0.944. The van der Waals surface area contributed by atoms with Crippen LogP contribution in [0.5, 0.6) is 0 Å². The lowest BCUT2D eigenvalue weighted by Crippen LogP contribution is -2.55. The van der Waals surface area contributed by atoms with Gasteiger partial charge in [0.15, 0.2) is 0 Å². The van der Waals surface area contributed by atoms with E-state index in [4.69, 9.17) is 0 Å². The number of nitrogens with zero attached hydrogens (tertiary/aromatic N) is 2. The Bertz CT molecular complexity index is 659. The Labute approximate surface area is 149 Å². The second kappa shape index (κ2) is 7.69. The summed E-state index contributed by atoms with van der Waals surface area (Å²) < 4.78 is 0. The van der Waals surface area contributed by atoms with E-state index >= 15 is 0 Å². The maximum Gasteiger partial charge on any atom is 0.245 e. The summed E-state index contributed by atoms with van der Waals surface area (Å²) in [7, 11) is 0. The van der Waals surface area contributed by atoms with E-state index in [1.54, 1.807) is 0 Å². The number of likely N-dealkylation sites (tertiary alicyclic amines) is 1. The molecule has 0 aromatic heterocycles. The van der Waals surface area contributed by atoms with Crippen LogP contribution < -0.4 is 5.32 Å². The van der Waals surface area contributed by atoms with Crippen LogP contribution in [0.4, 0.5) is 0 Å². The van der Waals surface area contributed by atoms with Gasteiger partial charge in [0, 0.05) is 13.1 Å². The van der Waals surface area contributed by atoms with Crippen LogP contribution in [-0.2, 0) is 16.1 Å². The van der Waals surface area contributed by atoms with Crippen LogP contribution in [-0.4, -0.2) is 29.3 Å². The number of piperidine rings is 1. The number of carbonyl (C=O) groups excluding carboxylic acids is 2. The molecule has 25 heavy (non-hydrogen) atoms. The molecular formula is C20H25N3O2. The average molecular weight is 339 g/mol. The van der Waals surface area contributed by atoms with Crippen molar-refractivity contribution >= 4 is 11.8 Å². The van der Waals surface area contributed by atoms with Gasteiger partial charge < -0.3 is 10.2 Å². The number of nitriles is 1. The fourth-order valence-electron chi connectivity index (χ4n) is 3.88. The number of amides is 2. The lowest BCUT2D eigenvalue weighted by molar-refractivity contribution is -0.141. The molecule has 1 aliphatic carbocycles. The highest BCUT2D eigenvalue weighted by molar-refractivity contribution is 5.91. The van der Waals surface area contributed by atoms with Gasteiger partial charge in [0.25, 0.3) is 0 Å². The topological polar surface area (TPSA) is 73.2 Å². The summed E-state index contributed by atoms with van der Waals surface area (Å²) in [4.78, 5) is 27.3. The molecule has 1 aliphatic heterocycles. The summed E-state index contributed by atoms with van der Waals surface area (Å²) in [6.07, 6.45) is 5.60. The molecule has 2 aliphatic rings. The predicted molar refractivity (Wildman–Crippen MR) is 94.2 cm³/mol. The molecule has 1 aromatic rings. The third-order valence-corrected chi connectivity index (χ3v) is 5.41. The quantitative estimate of drug-likeness (QED) is 0.917. The Morgan fingerprint density at radius 2 is 1.92 bits per heavy atom. The first-order valence-corrected chi connectivity index (χ1v) is 9.19. The van der Waals surface area contributed by atoms with Gasteiger partial charge >= 0.3 is 0 Å². The van der Waals surface area contributed by atoms with Crippen LogP contribution >= 0.6 is 0 Å². The van der Waals surface area contributed by atoms with Gasteiger partial charge in [-0.25, -0.2) is 0 Å². The van der Waals surface area contributed by atoms with Gasteiger partial charge in [-0.15, -0.1) is 0 Å². The molecular weight excluding hydrogens is 314 g/mol. The van der Waals surface area contributed by atoms with Crippen LogP contribution in [0.3, 0.4) is 0 Å². The van der Waals surface area contributed by atoms with Gasteiger partial charge in [-0.1, -0.05) is 49.6 Å². The molecule has 1 saturated carbocycles. The Hall–Kier alpha value is -2.35. The summed E-state index contributed by atoms with van der Waals surface area (Å²) in [6, 6.07) is 11.6. The van der Waals surface area contributed by atoms with E-state index in [1.165, 1.54) is 0 Å². The summed E-state index contributed by atoms with van der Waals surface area (Å²) in [5.41, 5.74) is 0.142. The van der Waals surface area contributed by atoms with Crippen molar-refractivity contribution < 1.29 is 9.59 Å². The second-order valence-corrected chi connectivity index (χ2v) is 7.17. The zero-order valence-electron chi connectivity index (χ0n) is 14.5. The van der Waals surface area contributed by atoms with E-state index in [2.05, 4.69) is 11.4 Å². The Morgan fingerprint density at radius 3 is 2.60 bits per heavy atom. The van der Waals surface area contributed by atoms with E-state index < -0.39 is 11.5 Å². The van der Waals surface area contributed by atoms with Gasteiger partial charge in [0.05, 0.1) is 6.07 Å². The van der Waals surface area contributed by atoms with Crippen molar-refractivity contribution in [3.05, 3.63) is 35.9 Å². The average Bonchev–Trinajstić information content (AvgIpc) is 2.66. The fourth-order valence-corrected chi connectivity index (χ4v) is 3.88. The highest BCUT2D eigenvalue weighted by Gasteiger charge is 2.42. The first-order valence-electron chi connectivity index (χ1n) is 9.19. The summed E-state index contributed by atoms with van der Waals surface area (Å²) in [5, 5.41) is 12.4. The van der Waals surface area contributed by atoms with Crippen molar-refractivity contribution in [3.8, 4) is 6.07 Å². The largest absolute Gasteiger partial charge is 0.343 e. The van der Waals surface area contributed by atoms with Crippen molar-refractivity contribution in [2.75, 3.05) is 6.54 Å². The normalized spacial score (nSPS) is 22.9. The third kappa shape index (κ3) is 3.84. The van der Waals surface area contributed by atoms with E-state index in [-0.39, 0.29) is 11.8 Å². The number of hydrogen-bond acceptors (Lipinski definition) is 3. The monoisotopic (exact) mass is 339 g/mol. The van der Waals surface area contributed by atoms with E-state index in [0.717, 1.165) is 31.2 Å². The van der Waals surface area contributed by atoms with Crippen LogP contribution in [0.15, 0.2) is 30.3 Å². The molecule has 5 nitrogen and oxygen atoms in total. The van der Waals surface area contributed by atoms with Crippen molar-refractivity contribution in [2.24, 2.45) is 5.41 Å². The zero-order valence-corrected chi connectivity index (χ0v) is 14.5. The first kappa shape index (κ1) is 17.5. The smallest absolute Gasteiger partial charge is 0.245 e. The standard InChI is InChI=1S/C20H25N3O2/c21-15-20(11-5-2-6-12-20)19(25)22-17-10-7-13-23(18(17)24)14-16-8-3-1-4-9-16/h1,3-4,8-9,17H,2,5-7,10-14H2,(H,22,25)/t17-/m0/s1. The highest BCUT2D eigenvalue weighted by Crippen LogP contribution is 2.36. The number of hydrogen-bond donors (Lipinski definition) is 1. The molecule has 1 heterocycles. The molecule has 1 N–H and O–H groups in total. The van der Waals surface area contributed by atoms with Crippen LogP contribution in [0, 0.1) is 16.7 Å². The van der Waals surface area contributed by atoms with E-state index in [9.17, 15) is 14.9 Å². The minimum Gasteiger partial charge on any atom is -0.343 e. The van der Waals surface area contributed by atoms with Crippen molar-refractivity contribution in [3.63, 3.8) is 0 Å². The molecule has 1 saturated heterocycles. The Balaban J connectivity index is 1.65. The molecule has 2 amide bonds. The first-order chi connectivity index (χ1) is 12.1. The van der Waals surface area contributed by atoms with Gasteiger partial charge in [-0.2, -0.15) is 5.26 Å². The zero-order chi connectivity index (χ0) is 17.7. The number of benzene rings is 1. The highest BCUT2D eigenvalue weighted by atomic mass is 16.2. The summed E-state index contributed by atoms with van der Waals surface area (Å²) in [5.74, 6) is -0.290. The van der Waals surface area contributed by atoms with Crippen LogP contribution in [0.1, 0.15) is 50.5 Å². The molecule has 3 rings (SSSR count). The van der Waals surface area contributed by atoms with E-state index in [1.807, 2.05) is 35.2 Å². The van der Waals surface area contributed by atoms with Crippen molar-refractivity contribution in [1.29, 1.82) is 5.26 Å². The molecule has 1 aromatic carbocycles. The molecule has 5 heteroatoms. The van der Waals surface area contributed by atoms with Crippen molar-refractivity contribution in [2.45, 2.75) is 57.5 Å². The van der Waals surface area contributed by atoms with Gasteiger partial charge in [0.1, 0.15) is 11.5 Å². The van der Waals surface area contributed by atoms with Crippen LogP contribution in [0.25, 0.3) is 0 Å². The Morgan fingerprint density at radius 1 is 1.20 bits per heavy atom. The molecule has 0 unspecified atom stereocenters. The fraction of sp³-hybridized carbons (Fsp3) is 0.550. The molecule has 0 spiro atoms. The van der Waals surface area contributed by atoms with Gasteiger partial charge in [-0.3, -0.25) is 9.59 Å². The number of carbonyl (C=O) groups is 2. The molecule has 2 fully saturated rings. The summed E-state index contributed by atoms with van der Waals surface area (Å²) >= 11 is 0. The molecule has 132 valence electrons. The summed E-state index contributed by atoms with van der Waals surface area (Å²) in [6.45, 7) is 1.28. The minimum absolute atomic E-state index is 0.0349. The number of rotatable bonds is 4. The lowest BCUT2D eigenvalue weighted by Gasteiger charge is -2.35. The van der Waals surface area contributed by atoms with E-state index in [0.29, 0.717) is 32.4 Å². The van der Waals surface area contributed by atoms with Crippen molar-refractivity contribution in [1.82, 2.24) is 10.2 Å². The molecule has 0 bridgehead atoms. The third-order valence-electron chi connectivity index (χ3n) is 5.41. The maximum absolute atomic E-state index is 12.8. The SMILES string of the molecule is N#CC1(C(=O)N[C@H]2CCCN(Cc3ccccc3)C2=O)CCCCC1. The Kier molecular flexibility index (Phi) is 5.37. The van der Waals surface area contributed by atoms with Gasteiger partial charge in [-0.05, 0) is 31.2 Å². The predicted octanol–water partition coefficient (Wildman–Crippen LogP) is 2.77. The maximum atomic E-state index is 12.8.